The van der Waals surface area contributed by atoms with E-state index in [0.29, 0.717) is 0 Å². The molecule has 1 heterocycles. The fourth-order valence-electron chi connectivity index (χ4n) is 0.783. The van der Waals surface area contributed by atoms with Gasteiger partial charge in [0.2, 0.25) is 0 Å². The smallest absolute Gasteiger partial charge is 0.264 e. The zero-order valence-electron chi connectivity index (χ0n) is 8.67. The van der Waals surface area contributed by atoms with Crippen LogP contribution in [0.5, 0.6) is 0 Å². The van der Waals surface area contributed by atoms with Crippen molar-refractivity contribution in [3.8, 4) is 0 Å². The number of rotatable bonds is 5. The Morgan fingerprint density at radius 3 is 2.87 bits per heavy atom. The largest absolute Gasteiger partial charge is 0.284 e. The summed E-state index contributed by atoms with van der Waals surface area (Å²) in [6.07, 6.45) is 3.35. The predicted octanol–water partition coefficient (Wildman–Crippen LogP) is 1.09. The maximum absolute atomic E-state index is 11.6. The van der Waals surface area contributed by atoms with Crippen LogP contribution in [0.2, 0.25) is 0 Å². The molecule has 1 unspecified atom stereocenters. The van der Waals surface area contributed by atoms with Gasteiger partial charge in [0.25, 0.3) is 10.0 Å². The van der Waals surface area contributed by atoms with E-state index in [1.165, 1.54) is 18.5 Å². The quantitative estimate of drug-likeness (QED) is 0.769. The standard InChI is InChI=1S/C9H14N2O3S/c1-3-8(2)14-11-15(12,13)9-5-4-6-10-7-9/h4-8,11H,3H2,1-2H3. The van der Waals surface area contributed by atoms with E-state index in [2.05, 4.69) is 9.87 Å². The average molecular weight is 230 g/mol. The molecule has 0 radical (unpaired) electrons. The molecular weight excluding hydrogens is 216 g/mol. The van der Waals surface area contributed by atoms with Gasteiger partial charge in [-0.05, 0) is 25.5 Å². The molecule has 1 atom stereocenters. The summed E-state index contributed by atoms with van der Waals surface area (Å²) in [5.74, 6) is 0. The van der Waals surface area contributed by atoms with Crippen LogP contribution in [0, 0.1) is 0 Å². The van der Waals surface area contributed by atoms with E-state index < -0.39 is 10.0 Å². The number of pyridine rings is 1. The van der Waals surface area contributed by atoms with Gasteiger partial charge in [0.15, 0.2) is 0 Å². The highest BCUT2D eigenvalue weighted by atomic mass is 32.2. The first-order chi connectivity index (χ1) is 7.06. The van der Waals surface area contributed by atoms with Gasteiger partial charge in [0.05, 0.1) is 6.10 Å². The molecule has 0 amide bonds. The van der Waals surface area contributed by atoms with Crippen molar-refractivity contribution in [2.24, 2.45) is 0 Å². The number of hydrogen-bond acceptors (Lipinski definition) is 4. The van der Waals surface area contributed by atoms with Crippen LogP contribution < -0.4 is 4.89 Å². The Labute approximate surface area is 89.5 Å². The fraction of sp³-hybridized carbons (Fsp3) is 0.444. The Kier molecular flexibility index (Phi) is 4.19. The van der Waals surface area contributed by atoms with E-state index >= 15 is 0 Å². The molecule has 1 aromatic heterocycles. The first-order valence-corrected chi connectivity index (χ1v) is 6.12. The predicted molar refractivity (Wildman–Crippen MR) is 55.4 cm³/mol. The summed E-state index contributed by atoms with van der Waals surface area (Å²) < 4.78 is 23.2. The Hall–Kier alpha value is -0.980. The van der Waals surface area contributed by atoms with Crippen LogP contribution >= 0.6 is 0 Å². The summed E-state index contributed by atoms with van der Waals surface area (Å²) in [6.45, 7) is 3.69. The maximum Gasteiger partial charge on any atom is 0.264 e. The molecule has 0 spiro atoms. The van der Waals surface area contributed by atoms with Crippen LogP contribution in [0.3, 0.4) is 0 Å². The summed E-state index contributed by atoms with van der Waals surface area (Å²) in [6, 6.07) is 3.01. The number of nitrogens with zero attached hydrogens (tertiary/aromatic N) is 1. The first-order valence-electron chi connectivity index (χ1n) is 4.63. The van der Waals surface area contributed by atoms with E-state index in [1.54, 1.807) is 13.0 Å². The van der Waals surface area contributed by atoms with Crippen molar-refractivity contribution < 1.29 is 13.3 Å². The molecular formula is C9H14N2O3S. The SMILES string of the molecule is CCC(C)ONS(=O)(=O)c1cccnc1. The Morgan fingerprint density at radius 1 is 1.60 bits per heavy atom. The van der Waals surface area contributed by atoms with Gasteiger partial charge in [-0.3, -0.25) is 9.82 Å². The number of hydrogen-bond donors (Lipinski definition) is 1. The molecule has 1 N–H and O–H groups in total. The summed E-state index contributed by atoms with van der Waals surface area (Å²) in [5.41, 5.74) is 0. The lowest BCUT2D eigenvalue weighted by molar-refractivity contribution is 0.0272. The third-order valence-corrected chi connectivity index (χ3v) is 3.06. The van der Waals surface area contributed by atoms with Crippen LogP contribution in [0.25, 0.3) is 0 Å². The summed E-state index contributed by atoms with van der Waals surface area (Å²) in [4.78, 5) is 10.8. The van der Waals surface area contributed by atoms with Gasteiger partial charge in [-0.2, -0.15) is 0 Å². The molecule has 1 rings (SSSR count). The highest BCUT2D eigenvalue weighted by Crippen LogP contribution is 2.06. The summed E-state index contributed by atoms with van der Waals surface area (Å²) >= 11 is 0. The van der Waals surface area contributed by atoms with Crippen molar-refractivity contribution in [2.75, 3.05) is 0 Å². The Morgan fingerprint density at radius 2 is 2.33 bits per heavy atom. The molecule has 15 heavy (non-hydrogen) atoms. The zero-order chi connectivity index (χ0) is 11.3. The van der Waals surface area contributed by atoms with E-state index in [4.69, 9.17) is 4.84 Å². The lowest BCUT2D eigenvalue weighted by atomic mass is 10.3. The summed E-state index contributed by atoms with van der Waals surface area (Å²) in [5, 5.41) is 0. The molecule has 5 nitrogen and oxygen atoms in total. The molecule has 0 saturated heterocycles. The second-order valence-electron chi connectivity index (χ2n) is 3.11. The molecule has 6 heteroatoms. The van der Waals surface area contributed by atoms with Crippen molar-refractivity contribution in [2.45, 2.75) is 31.3 Å². The normalized spacial score (nSPS) is 13.7. The minimum Gasteiger partial charge on any atom is -0.284 e. The number of sulfonamides is 1. The van der Waals surface area contributed by atoms with Crippen LogP contribution in [-0.2, 0) is 14.9 Å². The molecule has 1 aromatic rings. The van der Waals surface area contributed by atoms with Gasteiger partial charge in [0, 0.05) is 12.4 Å². The van der Waals surface area contributed by atoms with Crippen LogP contribution in [0.4, 0.5) is 0 Å². The summed E-state index contributed by atoms with van der Waals surface area (Å²) in [7, 11) is -3.60. The van der Waals surface area contributed by atoms with Crippen LogP contribution in [-0.4, -0.2) is 19.5 Å². The van der Waals surface area contributed by atoms with Gasteiger partial charge >= 0.3 is 0 Å². The lowest BCUT2D eigenvalue weighted by Gasteiger charge is -2.11. The van der Waals surface area contributed by atoms with Crippen molar-refractivity contribution >= 4 is 10.0 Å². The molecule has 0 saturated carbocycles. The van der Waals surface area contributed by atoms with Crippen molar-refractivity contribution in [3.63, 3.8) is 0 Å². The van der Waals surface area contributed by atoms with Gasteiger partial charge in [-0.15, -0.1) is 0 Å². The Bertz CT molecular complexity index is 391. The molecule has 0 fully saturated rings. The molecule has 0 aliphatic rings. The zero-order valence-corrected chi connectivity index (χ0v) is 9.49. The molecule has 0 aromatic carbocycles. The van der Waals surface area contributed by atoms with Crippen molar-refractivity contribution in [1.82, 2.24) is 9.87 Å². The first kappa shape index (κ1) is 12.1. The van der Waals surface area contributed by atoms with E-state index in [1.807, 2.05) is 6.92 Å². The van der Waals surface area contributed by atoms with Gasteiger partial charge in [-0.25, -0.2) is 8.42 Å². The Balaban J connectivity index is 2.69. The van der Waals surface area contributed by atoms with Gasteiger partial charge in [0.1, 0.15) is 4.90 Å². The second kappa shape index (κ2) is 5.20. The molecule has 84 valence electrons. The van der Waals surface area contributed by atoms with E-state index in [0.717, 1.165) is 6.42 Å². The van der Waals surface area contributed by atoms with Gasteiger partial charge in [-0.1, -0.05) is 11.8 Å². The number of nitrogens with one attached hydrogen (secondary N) is 1. The molecule has 0 bridgehead atoms. The highest BCUT2D eigenvalue weighted by molar-refractivity contribution is 7.89. The monoisotopic (exact) mass is 230 g/mol. The average Bonchev–Trinajstić information content (AvgIpc) is 2.27. The minimum atomic E-state index is -3.60. The van der Waals surface area contributed by atoms with Crippen molar-refractivity contribution in [1.29, 1.82) is 0 Å². The van der Waals surface area contributed by atoms with E-state index in [9.17, 15) is 8.42 Å². The molecule has 0 aliphatic heterocycles. The third kappa shape index (κ3) is 3.58. The minimum absolute atomic E-state index is 0.0910. The fourth-order valence-corrected chi connectivity index (χ4v) is 1.63. The highest BCUT2D eigenvalue weighted by Gasteiger charge is 2.14. The third-order valence-electron chi connectivity index (χ3n) is 1.88. The van der Waals surface area contributed by atoms with Gasteiger partial charge < -0.3 is 0 Å². The van der Waals surface area contributed by atoms with Crippen molar-refractivity contribution in [3.05, 3.63) is 24.5 Å². The van der Waals surface area contributed by atoms with Crippen LogP contribution in [0.15, 0.2) is 29.4 Å². The topological polar surface area (TPSA) is 68.3 Å². The maximum atomic E-state index is 11.6. The van der Waals surface area contributed by atoms with E-state index in [-0.39, 0.29) is 11.0 Å². The second-order valence-corrected chi connectivity index (χ2v) is 4.76. The van der Waals surface area contributed by atoms with Crippen LogP contribution in [0.1, 0.15) is 20.3 Å². The molecule has 0 aliphatic carbocycles. The number of aromatic nitrogens is 1. The lowest BCUT2D eigenvalue weighted by Crippen LogP contribution is -2.28.